The summed E-state index contributed by atoms with van der Waals surface area (Å²) < 4.78 is 10.3. The van der Waals surface area contributed by atoms with Gasteiger partial charge in [-0.1, -0.05) is 31.2 Å². The first-order valence-corrected chi connectivity index (χ1v) is 10.2. The van der Waals surface area contributed by atoms with Crippen molar-refractivity contribution in [3.8, 4) is 5.75 Å². The number of thiocarbonyl (C=S) groups is 1. The largest absolute Gasteiger partial charge is 0.484 e. The van der Waals surface area contributed by atoms with Crippen LogP contribution in [-0.4, -0.2) is 36.1 Å². The molecule has 0 aliphatic heterocycles. The molecule has 9 heteroatoms. The van der Waals surface area contributed by atoms with Gasteiger partial charge >= 0.3 is 5.97 Å². The molecule has 0 saturated carbocycles. The average Bonchev–Trinajstić information content (AvgIpc) is 2.75. The van der Waals surface area contributed by atoms with Gasteiger partial charge in [0.05, 0.1) is 13.0 Å². The summed E-state index contributed by atoms with van der Waals surface area (Å²) in [7, 11) is 0. The fourth-order valence-electron chi connectivity index (χ4n) is 2.39. The van der Waals surface area contributed by atoms with E-state index in [1.54, 1.807) is 36.4 Å². The molecule has 2 amide bonds. The Morgan fingerprint density at radius 3 is 2.32 bits per heavy atom. The maximum atomic E-state index is 12.1. The molecule has 0 spiro atoms. The van der Waals surface area contributed by atoms with Gasteiger partial charge in [-0.15, -0.1) is 0 Å². The van der Waals surface area contributed by atoms with E-state index in [2.05, 4.69) is 16.0 Å². The quantitative estimate of drug-likeness (QED) is 0.382. The summed E-state index contributed by atoms with van der Waals surface area (Å²) in [5, 5.41) is 8.19. The second-order valence-electron chi connectivity index (χ2n) is 6.45. The molecule has 0 unspecified atom stereocenters. The number of anilines is 2. The van der Waals surface area contributed by atoms with Crippen LogP contribution in [0.15, 0.2) is 54.6 Å². The molecule has 0 bridgehead atoms. The molecule has 0 aromatic heterocycles. The average molecular weight is 444 g/mol. The van der Waals surface area contributed by atoms with Gasteiger partial charge in [0.1, 0.15) is 5.75 Å². The van der Waals surface area contributed by atoms with E-state index in [9.17, 15) is 14.4 Å². The van der Waals surface area contributed by atoms with E-state index >= 15 is 0 Å². The summed E-state index contributed by atoms with van der Waals surface area (Å²) in [6.07, 6.45) is 0.689. The zero-order valence-corrected chi connectivity index (χ0v) is 18.0. The number of esters is 1. The summed E-state index contributed by atoms with van der Waals surface area (Å²) in [5.41, 5.74) is 1.12. The molecule has 0 heterocycles. The predicted molar refractivity (Wildman–Crippen MR) is 122 cm³/mol. The van der Waals surface area contributed by atoms with Crippen LogP contribution in [0.25, 0.3) is 0 Å². The van der Waals surface area contributed by atoms with Gasteiger partial charge in [-0.3, -0.25) is 14.4 Å². The molecular formula is C22H25N3O5S. The Morgan fingerprint density at radius 2 is 1.61 bits per heavy atom. The molecule has 0 aliphatic rings. The van der Waals surface area contributed by atoms with E-state index in [1.165, 1.54) is 0 Å². The number of amides is 2. The minimum absolute atomic E-state index is 0.0129. The molecular weight excluding hydrogens is 418 g/mol. The molecule has 164 valence electrons. The van der Waals surface area contributed by atoms with Gasteiger partial charge in [0, 0.05) is 17.8 Å². The van der Waals surface area contributed by atoms with E-state index in [1.807, 2.05) is 25.1 Å². The molecule has 0 saturated heterocycles. The minimum atomic E-state index is -0.421. The highest BCUT2D eigenvalue weighted by molar-refractivity contribution is 7.80. The van der Waals surface area contributed by atoms with Gasteiger partial charge in [0.15, 0.2) is 11.7 Å². The Labute approximate surface area is 186 Å². The highest BCUT2D eigenvalue weighted by Gasteiger charge is 2.10. The van der Waals surface area contributed by atoms with Crippen molar-refractivity contribution >= 4 is 46.5 Å². The van der Waals surface area contributed by atoms with E-state index in [-0.39, 0.29) is 30.5 Å². The normalized spacial score (nSPS) is 9.97. The first-order chi connectivity index (χ1) is 15.0. The zero-order valence-electron chi connectivity index (χ0n) is 17.2. The molecule has 2 rings (SSSR count). The third-order valence-corrected chi connectivity index (χ3v) is 4.00. The number of hydrogen-bond acceptors (Lipinski definition) is 6. The van der Waals surface area contributed by atoms with Crippen LogP contribution in [0.3, 0.4) is 0 Å². The van der Waals surface area contributed by atoms with Crippen LogP contribution < -0.4 is 20.7 Å². The number of para-hydroxylation sites is 1. The Hall–Kier alpha value is -3.46. The van der Waals surface area contributed by atoms with Crippen LogP contribution >= 0.6 is 12.2 Å². The maximum absolute atomic E-state index is 12.1. The molecule has 0 atom stereocenters. The van der Waals surface area contributed by atoms with Crippen LogP contribution in [-0.2, 0) is 19.1 Å². The molecule has 3 N–H and O–H groups in total. The molecule has 8 nitrogen and oxygen atoms in total. The Morgan fingerprint density at radius 1 is 0.903 bits per heavy atom. The summed E-state index contributed by atoms with van der Waals surface area (Å²) in [5.74, 6) is -0.524. The second-order valence-corrected chi connectivity index (χ2v) is 6.86. The van der Waals surface area contributed by atoms with Crippen LogP contribution in [0.4, 0.5) is 11.4 Å². The van der Waals surface area contributed by atoms with Crippen molar-refractivity contribution in [3.05, 3.63) is 54.6 Å². The highest BCUT2D eigenvalue weighted by atomic mass is 32.1. The van der Waals surface area contributed by atoms with Gasteiger partial charge in [-0.25, -0.2) is 0 Å². The van der Waals surface area contributed by atoms with Crippen LogP contribution in [0.1, 0.15) is 26.2 Å². The fourth-order valence-corrected chi connectivity index (χ4v) is 2.62. The lowest BCUT2D eigenvalue weighted by Gasteiger charge is -2.12. The van der Waals surface area contributed by atoms with E-state index in [0.717, 1.165) is 6.42 Å². The number of rotatable bonds is 10. The number of benzene rings is 2. The Bertz CT molecular complexity index is 905. The smallest absolute Gasteiger partial charge is 0.306 e. The first-order valence-electron chi connectivity index (χ1n) is 9.80. The lowest BCUT2D eigenvalue weighted by molar-refractivity contribution is -0.144. The van der Waals surface area contributed by atoms with E-state index < -0.39 is 11.9 Å². The van der Waals surface area contributed by atoms with Crippen molar-refractivity contribution in [3.63, 3.8) is 0 Å². The molecule has 2 aromatic carbocycles. The lowest BCUT2D eigenvalue weighted by atomic mass is 10.2. The van der Waals surface area contributed by atoms with Crippen molar-refractivity contribution in [2.45, 2.75) is 26.2 Å². The zero-order chi connectivity index (χ0) is 22.5. The predicted octanol–water partition coefficient (Wildman–Crippen LogP) is 3.25. The summed E-state index contributed by atoms with van der Waals surface area (Å²) in [6, 6.07) is 15.9. The SMILES string of the molecule is CCCOC(=O)CCC(=O)NC(=S)Nc1cccc(NC(=O)COc2ccccc2)c1. The van der Waals surface area contributed by atoms with E-state index in [0.29, 0.717) is 23.7 Å². The van der Waals surface area contributed by atoms with Crippen LogP contribution in [0.2, 0.25) is 0 Å². The van der Waals surface area contributed by atoms with Crippen LogP contribution in [0, 0.1) is 0 Å². The van der Waals surface area contributed by atoms with Crippen molar-refractivity contribution in [1.29, 1.82) is 0 Å². The van der Waals surface area contributed by atoms with Gasteiger partial charge < -0.3 is 25.4 Å². The molecule has 2 aromatic rings. The van der Waals surface area contributed by atoms with Crippen LogP contribution in [0.5, 0.6) is 5.75 Å². The first kappa shape index (κ1) is 23.8. The Kier molecular flexibility index (Phi) is 9.96. The molecule has 0 aliphatic carbocycles. The lowest BCUT2D eigenvalue weighted by Crippen LogP contribution is -2.34. The van der Waals surface area contributed by atoms with Gasteiger partial charge in [-0.2, -0.15) is 0 Å². The minimum Gasteiger partial charge on any atom is -0.484 e. The van der Waals surface area contributed by atoms with Crippen molar-refractivity contribution < 1.29 is 23.9 Å². The van der Waals surface area contributed by atoms with Crippen molar-refractivity contribution in [1.82, 2.24) is 5.32 Å². The number of ether oxygens (including phenoxy) is 2. The summed E-state index contributed by atoms with van der Waals surface area (Å²) >= 11 is 5.12. The monoisotopic (exact) mass is 443 g/mol. The van der Waals surface area contributed by atoms with Gasteiger partial charge in [0.2, 0.25) is 5.91 Å². The molecule has 0 fully saturated rings. The summed E-state index contributed by atoms with van der Waals surface area (Å²) in [4.78, 5) is 35.4. The fraction of sp³-hybridized carbons (Fsp3) is 0.273. The third-order valence-electron chi connectivity index (χ3n) is 3.79. The van der Waals surface area contributed by atoms with Crippen molar-refractivity contribution in [2.24, 2.45) is 0 Å². The van der Waals surface area contributed by atoms with Crippen molar-refractivity contribution in [2.75, 3.05) is 23.8 Å². The van der Waals surface area contributed by atoms with Gasteiger partial charge in [0.25, 0.3) is 5.91 Å². The van der Waals surface area contributed by atoms with E-state index in [4.69, 9.17) is 21.7 Å². The third kappa shape index (κ3) is 9.72. The molecule has 0 radical (unpaired) electrons. The standard InChI is InChI=1S/C22H25N3O5S/c1-2-13-29-21(28)12-11-19(26)25-22(31)24-17-8-6-7-16(14-17)23-20(27)15-30-18-9-4-3-5-10-18/h3-10,14H,2,11-13,15H2,1H3,(H,23,27)(H2,24,25,26,31). The number of carbonyl (C=O) groups is 3. The topological polar surface area (TPSA) is 106 Å². The summed E-state index contributed by atoms with van der Waals surface area (Å²) in [6.45, 7) is 2.10. The van der Waals surface area contributed by atoms with Gasteiger partial charge in [-0.05, 0) is 49.0 Å². The second kappa shape index (κ2) is 13.0. The Balaban J connectivity index is 1.76. The molecule has 31 heavy (non-hydrogen) atoms. The number of nitrogens with one attached hydrogen (secondary N) is 3. The maximum Gasteiger partial charge on any atom is 0.306 e. The number of carbonyl (C=O) groups excluding carboxylic acids is 3. The number of hydrogen-bond donors (Lipinski definition) is 3. The highest BCUT2D eigenvalue weighted by Crippen LogP contribution is 2.15.